The van der Waals surface area contributed by atoms with Gasteiger partial charge in [0.2, 0.25) is 5.91 Å². The van der Waals surface area contributed by atoms with Crippen molar-refractivity contribution in [2.24, 2.45) is 11.3 Å². The number of hydrogen-bond donors (Lipinski definition) is 2. The van der Waals surface area contributed by atoms with Crippen LogP contribution < -0.4 is 10.6 Å². The fourth-order valence-corrected chi connectivity index (χ4v) is 4.45. The van der Waals surface area contributed by atoms with E-state index < -0.39 is 0 Å². The van der Waals surface area contributed by atoms with Gasteiger partial charge in [0.15, 0.2) is 0 Å². The van der Waals surface area contributed by atoms with Crippen LogP contribution in [0.25, 0.3) is 0 Å². The predicted molar refractivity (Wildman–Crippen MR) is 92.8 cm³/mol. The van der Waals surface area contributed by atoms with Crippen molar-refractivity contribution >= 4 is 17.7 Å². The smallest absolute Gasteiger partial charge is 0.223 e. The second-order valence-electron chi connectivity index (χ2n) is 6.66. The van der Waals surface area contributed by atoms with Crippen LogP contribution in [0.15, 0.2) is 24.3 Å². The Kier molecular flexibility index (Phi) is 5.59. The maximum Gasteiger partial charge on any atom is 0.223 e. The number of carbonyl (C=O) groups excluding carboxylic acids is 1. The second kappa shape index (κ2) is 7.67. The molecule has 3 nitrogen and oxygen atoms in total. The highest BCUT2D eigenvalue weighted by Gasteiger charge is 2.57. The zero-order chi connectivity index (χ0) is 16.1. The number of halogens is 1. The summed E-state index contributed by atoms with van der Waals surface area (Å²) in [6.07, 6.45) is 4.29. The van der Waals surface area contributed by atoms with Gasteiger partial charge in [-0.05, 0) is 61.6 Å². The summed E-state index contributed by atoms with van der Waals surface area (Å²) in [6, 6.07) is 6.91. The van der Waals surface area contributed by atoms with Crippen LogP contribution in [0.1, 0.15) is 31.2 Å². The molecule has 0 radical (unpaired) electrons. The van der Waals surface area contributed by atoms with Gasteiger partial charge in [-0.2, -0.15) is 11.8 Å². The van der Waals surface area contributed by atoms with Gasteiger partial charge in [-0.25, -0.2) is 4.39 Å². The minimum atomic E-state index is -0.130. The molecule has 1 aromatic carbocycles. The fraction of sp³-hybridized carbons (Fsp3) is 0.611. The summed E-state index contributed by atoms with van der Waals surface area (Å²) in [5, 5.41) is 6.44. The Hall–Kier alpha value is -1.07. The van der Waals surface area contributed by atoms with E-state index in [1.54, 1.807) is 17.8 Å². The lowest BCUT2D eigenvalue weighted by atomic mass is 9.92. The van der Waals surface area contributed by atoms with E-state index in [0.717, 1.165) is 56.6 Å². The molecular formula is C18H25FN2OS. The first-order valence-corrected chi connectivity index (χ1v) is 9.66. The number of nitrogens with one attached hydrogen (secondary N) is 2. The summed E-state index contributed by atoms with van der Waals surface area (Å²) in [4.78, 5) is 12.2. The van der Waals surface area contributed by atoms with Crippen LogP contribution in [0.2, 0.25) is 0 Å². The van der Waals surface area contributed by atoms with E-state index in [4.69, 9.17) is 0 Å². The lowest BCUT2D eigenvalue weighted by Gasteiger charge is -2.23. The van der Waals surface area contributed by atoms with E-state index in [2.05, 4.69) is 10.6 Å². The molecule has 23 heavy (non-hydrogen) atoms. The highest BCUT2D eigenvalue weighted by atomic mass is 32.2. The van der Waals surface area contributed by atoms with Crippen molar-refractivity contribution < 1.29 is 9.18 Å². The highest BCUT2D eigenvalue weighted by Crippen LogP contribution is 2.58. The lowest BCUT2D eigenvalue weighted by molar-refractivity contribution is -0.123. The first-order valence-electron chi connectivity index (χ1n) is 8.51. The van der Waals surface area contributed by atoms with E-state index >= 15 is 0 Å². The van der Waals surface area contributed by atoms with Gasteiger partial charge in [0.1, 0.15) is 5.82 Å². The van der Waals surface area contributed by atoms with E-state index in [0.29, 0.717) is 11.2 Å². The molecule has 2 N–H and O–H groups in total. The predicted octanol–water partition coefficient (Wildman–Crippen LogP) is 2.95. The molecule has 3 rings (SSSR count). The van der Waals surface area contributed by atoms with Crippen LogP contribution in [-0.4, -0.2) is 31.3 Å². The Balaban J connectivity index is 1.27. The quantitative estimate of drug-likeness (QED) is 0.752. The zero-order valence-electron chi connectivity index (χ0n) is 13.4. The maximum atomic E-state index is 13.5. The number of hydrogen-bond acceptors (Lipinski definition) is 3. The van der Waals surface area contributed by atoms with Gasteiger partial charge in [-0.3, -0.25) is 4.79 Å². The van der Waals surface area contributed by atoms with Crippen LogP contribution in [0.4, 0.5) is 4.39 Å². The number of piperidine rings is 1. The van der Waals surface area contributed by atoms with Gasteiger partial charge in [0.25, 0.3) is 0 Å². The highest BCUT2D eigenvalue weighted by molar-refractivity contribution is 7.98. The van der Waals surface area contributed by atoms with Gasteiger partial charge >= 0.3 is 0 Å². The average Bonchev–Trinajstić information content (AvgIpc) is 3.26. The van der Waals surface area contributed by atoms with Crippen molar-refractivity contribution in [1.82, 2.24) is 10.6 Å². The van der Waals surface area contributed by atoms with Gasteiger partial charge < -0.3 is 10.6 Å². The summed E-state index contributed by atoms with van der Waals surface area (Å²) in [5.41, 5.74) is 1.07. The third kappa shape index (κ3) is 4.27. The molecule has 1 aliphatic heterocycles. The Morgan fingerprint density at radius 2 is 2.13 bits per heavy atom. The van der Waals surface area contributed by atoms with Gasteiger partial charge in [0.05, 0.1) is 0 Å². The Bertz CT molecular complexity index is 546. The van der Waals surface area contributed by atoms with Gasteiger partial charge in [0, 0.05) is 18.2 Å². The standard InChI is InChI=1S/C18H25FN2OS/c19-16-5-2-1-4-14(16)13-23-11-3-8-21-17(22)15-12-18(15)6-9-20-10-7-18/h1-2,4-5,15,20H,3,6-13H2,(H,21,22). The van der Waals surface area contributed by atoms with Crippen molar-refractivity contribution in [3.8, 4) is 0 Å². The molecule has 1 saturated heterocycles. The normalized spacial score (nSPS) is 22.0. The lowest BCUT2D eigenvalue weighted by Crippen LogP contribution is -2.34. The molecule has 126 valence electrons. The number of benzene rings is 1. The summed E-state index contributed by atoms with van der Waals surface area (Å²) < 4.78 is 13.5. The Morgan fingerprint density at radius 3 is 2.91 bits per heavy atom. The first kappa shape index (κ1) is 16.8. The summed E-state index contributed by atoms with van der Waals surface area (Å²) in [5.74, 6) is 1.99. The van der Waals surface area contributed by atoms with Gasteiger partial charge in [-0.1, -0.05) is 18.2 Å². The van der Waals surface area contributed by atoms with Crippen LogP contribution in [-0.2, 0) is 10.5 Å². The molecule has 1 saturated carbocycles. The van der Waals surface area contributed by atoms with Crippen LogP contribution in [0.3, 0.4) is 0 Å². The molecule has 2 aliphatic rings. The molecule has 1 unspecified atom stereocenters. The van der Waals surface area contributed by atoms with E-state index in [1.807, 2.05) is 12.1 Å². The van der Waals surface area contributed by atoms with Crippen LogP contribution in [0, 0.1) is 17.2 Å². The van der Waals surface area contributed by atoms with E-state index in [9.17, 15) is 9.18 Å². The largest absolute Gasteiger partial charge is 0.356 e. The molecule has 1 atom stereocenters. The molecule has 1 amide bonds. The van der Waals surface area contributed by atoms with Crippen molar-refractivity contribution in [2.75, 3.05) is 25.4 Å². The van der Waals surface area contributed by atoms with Gasteiger partial charge in [-0.15, -0.1) is 0 Å². The van der Waals surface area contributed by atoms with Crippen LogP contribution >= 0.6 is 11.8 Å². The summed E-state index contributed by atoms with van der Waals surface area (Å²) in [7, 11) is 0. The third-order valence-electron chi connectivity index (χ3n) is 5.09. The Morgan fingerprint density at radius 1 is 1.35 bits per heavy atom. The van der Waals surface area contributed by atoms with E-state index in [-0.39, 0.29) is 17.6 Å². The fourth-order valence-electron chi connectivity index (χ4n) is 3.50. The molecule has 1 heterocycles. The van der Waals surface area contributed by atoms with Crippen molar-refractivity contribution in [1.29, 1.82) is 0 Å². The molecule has 0 bridgehead atoms. The maximum absolute atomic E-state index is 13.5. The molecule has 1 spiro atoms. The van der Waals surface area contributed by atoms with Crippen molar-refractivity contribution in [2.45, 2.75) is 31.4 Å². The Labute approximate surface area is 141 Å². The number of carbonyl (C=O) groups is 1. The molecule has 2 fully saturated rings. The van der Waals surface area contributed by atoms with Crippen LogP contribution in [0.5, 0.6) is 0 Å². The average molecular weight is 336 g/mol. The number of amides is 1. The SMILES string of the molecule is O=C(NCCCSCc1ccccc1F)C1CC12CCNCC2. The molecular weight excluding hydrogens is 311 g/mol. The summed E-state index contributed by atoms with van der Waals surface area (Å²) >= 11 is 1.72. The topological polar surface area (TPSA) is 41.1 Å². The first-order chi connectivity index (χ1) is 11.2. The number of thioether (sulfide) groups is 1. The second-order valence-corrected chi connectivity index (χ2v) is 7.76. The third-order valence-corrected chi connectivity index (χ3v) is 6.18. The molecule has 0 aromatic heterocycles. The van der Waals surface area contributed by atoms with E-state index in [1.165, 1.54) is 6.07 Å². The summed E-state index contributed by atoms with van der Waals surface area (Å²) in [6.45, 7) is 2.83. The number of rotatable bonds is 7. The molecule has 1 aromatic rings. The minimum absolute atomic E-state index is 0.130. The van der Waals surface area contributed by atoms with Crippen molar-refractivity contribution in [3.05, 3.63) is 35.6 Å². The zero-order valence-corrected chi connectivity index (χ0v) is 14.3. The molecule has 5 heteroatoms. The van der Waals surface area contributed by atoms with Crippen molar-refractivity contribution in [3.63, 3.8) is 0 Å². The minimum Gasteiger partial charge on any atom is -0.356 e. The monoisotopic (exact) mass is 336 g/mol. The molecule has 1 aliphatic carbocycles.